The highest BCUT2D eigenvalue weighted by molar-refractivity contribution is 7.93. The van der Waals surface area contributed by atoms with Gasteiger partial charge in [-0.1, -0.05) is 0 Å². The number of carbonyl (C=O) groups is 2. The lowest BCUT2D eigenvalue weighted by molar-refractivity contribution is -0.117. The quantitative estimate of drug-likeness (QED) is 0.448. The number of carbonyl (C=O) groups excluding carboxylic acids is 1. The summed E-state index contributed by atoms with van der Waals surface area (Å²) in [6.07, 6.45) is -0.463. The van der Waals surface area contributed by atoms with E-state index in [1.165, 1.54) is 0 Å². The Morgan fingerprint density at radius 3 is 2.70 bits per heavy atom. The van der Waals surface area contributed by atoms with Crippen LogP contribution in [-0.2, 0) is 21.2 Å². The van der Waals surface area contributed by atoms with Crippen LogP contribution in [0.5, 0.6) is 0 Å². The second-order valence-corrected chi connectivity index (χ2v) is 8.55. The van der Waals surface area contributed by atoms with Crippen LogP contribution in [0.4, 0.5) is 13.8 Å². The summed E-state index contributed by atoms with van der Waals surface area (Å²) in [5.41, 5.74) is 0.206. The van der Waals surface area contributed by atoms with Gasteiger partial charge in [-0.3, -0.25) is 14.5 Å². The number of nitrogens with zero attached hydrogens (tertiary/aromatic N) is 2. The van der Waals surface area contributed by atoms with Crippen LogP contribution in [0.1, 0.15) is 16.1 Å². The first-order chi connectivity index (χ1) is 14.2. The second kappa shape index (κ2) is 8.71. The van der Waals surface area contributed by atoms with Crippen LogP contribution in [0.2, 0.25) is 0 Å². The topological polar surface area (TPSA) is 150 Å². The van der Waals surface area contributed by atoms with Gasteiger partial charge in [-0.2, -0.15) is 0 Å². The monoisotopic (exact) mass is 459 g/mol. The number of hydrogen-bond donors (Lipinski definition) is 4. The highest BCUT2D eigenvalue weighted by Crippen LogP contribution is 2.26. The molecule has 0 atom stereocenters. The molecule has 2 heterocycles. The highest BCUT2D eigenvalue weighted by atomic mass is 32.2. The molecule has 1 aromatic heterocycles. The van der Waals surface area contributed by atoms with Gasteiger partial charge in [0.15, 0.2) is 17.4 Å². The van der Waals surface area contributed by atoms with Crippen molar-refractivity contribution in [1.82, 2.24) is 15.6 Å². The molecule has 0 aliphatic carbocycles. The molecule has 1 aliphatic heterocycles. The van der Waals surface area contributed by atoms with E-state index in [9.17, 15) is 26.8 Å². The summed E-state index contributed by atoms with van der Waals surface area (Å²) in [5.74, 6) is -3.89. The fraction of sp³-hybridized carbons (Fsp3) is 0.250. The first-order valence-corrected chi connectivity index (χ1v) is 10.7. The van der Waals surface area contributed by atoms with E-state index in [1.807, 2.05) is 4.72 Å². The van der Waals surface area contributed by atoms with Crippen molar-refractivity contribution in [2.75, 3.05) is 24.4 Å². The van der Waals surface area contributed by atoms with E-state index in [2.05, 4.69) is 20.6 Å². The van der Waals surface area contributed by atoms with Crippen molar-refractivity contribution in [3.8, 4) is 0 Å². The Kier molecular flexibility index (Phi) is 6.26. The lowest BCUT2D eigenvalue weighted by Crippen LogP contribution is -2.37. The Labute approximate surface area is 173 Å². The minimum atomic E-state index is -4.64. The zero-order chi connectivity index (χ0) is 21.9. The number of sulfonamides is 1. The Hall–Kier alpha value is -3.13. The van der Waals surface area contributed by atoms with E-state index in [4.69, 9.17) is 5.11 Å². The Morgan fingerprint density at radius 2 is 2.03 bits per heavy atom. The molecule has 0 saturated heterocycles. The number of nitrogens with one attached hydrogen (secondary N) is 3. The van der Waals surface area contributed by atoms with E-state index in [1.54, 1.807) is 0 Å². The standard InChI is InChI=1S/C16H15F2N5O5S2/c17-10-5-12(30(27,28)23-14-13(15(25)26)22-7-29-14)11(18)4-8(10)3-9(24)6-21-16-19-1-2-20-16/h4-5,7,23H,1-3,6H2,(H,25,26)(H2,19,20,21). The summed E-state index contributed by atoms with van der Waals surface area (Å²) >= 11 is 0.672. The van der Waals surface area contributed by atoms with Crippen LogP contribution in [-0.4, -0.2) is 55.9 Å². The van der Waals surface area contributed by atoms with Crippen molar-refractivity contribution in [3.63, 3.8) is 0 Å². The second-order valence-electron chi connectivity index (χ2n) is 6.04. The van der Waals surface area contributed by atoms with Gasteiger partial charge in [-0.15, -0.1) is 11.3 Å². The van der Waals surface area contributed by atoms with Gasteiger partial charge in [0.1, 0.15) is 21.5 Å². The Balaban J connectivity index is 1.75. The van der Waals surface area contributed by atoms with Crippen molar-refractivity contribution < 1.29 is 31.9 Å². The third kappa shape index (κ3) is 4.88. The number of carboxylic acids is 1. The largest absolute Gasteiger partial charge is 0.476 e. The maximum atomic E-state index is 14.4. The van der Waals surface area contributed by atoms with E-state index < -0.39 is 50.4 Å². The van der Waals surface area contributed by atoms with Crippen LogP contribution in [0.25, 0.3) is 0 Å². The molecule has 0 radical (unpaired) electrons. The van der Waals surface area contributed by atoms with Crippen molar-refractivity contribution >= 4 is 44.1 Å². The van der Waals surface area contributed by atoms with Crippen LogP contribution >= 0.6 is 11.3 Å². The molecule has 3 rings (SSSR count). The number of thiazole rings is 1. The molecular formula is C16H15F2N5O5S2. The SMILES string of the molecule is O=C(CNC1=NCCN1)Cc1cc(F)c(S(=O)(=O)Nc2scnc2C(=O)O)cc1F. The number of aliphatic imine (C=N–C) groups is 1. The van der Waals surface area contributed by atoms with Crippen molar-refractivity contribution in [3.05, 3.63) is 40.5 Å². The Bertz CT molecular complexity index is 1130. The van der Waals surface area contributed by atoms with Crippen molar-refractivity contribution in [1.29, 1.82) is 0 Å². The van der Waals surface area contributed by atoms with E-state index in [-0.39, 0.29) is 17.1 Å². The predicted molar refractivity (Wildman–Crippen MR) is 103 cm³/mol. The fourth-order valence-corrected chi connectivity index (χ4v) is 4.59. The van der Waals surface area contributed by atoms with Gasteiger partial charge in [0.2, 0.25) is 0 Å². The van der Waals surface area contributed by atoms with Crippen LogP contribution < -0.4 is 15.4 Å². The summed E-state index contributed by atoms with van der Waals surface area (Å²) in [6.45, 7) is 1.03. The molecule has 1 aromatic carbocycles. The maximum Gasteiger partial charge on any atom is 0.357 e. The van der Waals surface area contributed by atoms with Crippen LogP contribution in [0, 0.1) is 11.6 Å². The summed E-state index contributed by atoms with van der Waals surface area (Å²) in [6, 6.07) is 1.07. The number of benzene rings is 1. The molecule has 14 heteroatoms. The molecule has 0 bridgehead atoms. The average molecular weight is 459 g/mol. The average Bonchev–Trinajstić information content (AvgIpc) is 3.34. The minimum absolute atomic E-state index is 0.169. The molecule has 10 nitrogen and oxygen atoms in total. The summed E-state index contributed by atoms with van der Waals surface area (Å²) in [4.78, 5) is 29.5. The molecule has 0 amide bonds. The number of guanidine groups is 1. The van der Waals surface area contributed by atoms with Crippen LogP contribution in [0.3, 0.4) is 0 Å². The number of anilines is 1. The third-order valence-electron chi connectivity index (χ3n) is 3.90. The Morgan fingerprint density at radius 1 is 1.27 bits per heavy atom. The lowest BCUT2D eigenvalue weighted by atomic mass is 10.1. The first-order valence-electron chi connectivity index (χ1n) is 8.39. The smallest absolute Gasteiger partial charge is 0.357 e. The molecule has 1 aliphatic rings. The third-order valence-corrected chi connectivity index (χ3v) is 6.14. The van der Waals surface area contributed by atoms with E-state index >= 15 is 0 Å². The van der Waals surface area contributed by atoms with Gasteiger partial charge in [-0.05, 0) is 17.7 Å². The van der Waals surface area contributed by atoms with Crippen molar-refractivity contribution in [2.24, 2.45) is 4.99 Å². The normalized spacial score (nSPS) is 13.5. The molecule has 4 N–H and O–H groups in total. The maximum absolute atomic E-state index is 14.4. The molecule has 0 saturated carbocycles. The predicted octanol–water partition coefficient (Wildman–Crippen LogP) is 0.581. The minimum Gasteiger partial charge on any atom is -0.476 e. The van der Waals surface area contributed by atoms with Gasteiger partial charge in [0, 0.05) is 13.0 Å². The fourth-order valence-electron chi connectivity index (χ4n) is 2.53. The number of rotatable bonds is 8. The molecule has 0 fully saturated rings. The number of halogens is 2. The van der Waals surface area contributed by atoms with Gasteiger partial charge in [-0.25, -0.2) is 27.0 Å². The number of hydrogen-bond acceptors (Lipinski definition) is 9. The molecule has 160 valence electrons. The van der Waals surface area contributed by atoms with Gasteiger partial charge in [0.25, 0.3) is 10.0 Å². The zero-order valence-electron chi connectivity index (χ0n) is 15.1. The summed E-state index contributed by atoms with van der Waals surface area (Å²) < 4.78 is 55.5. The molecule has 30 heavy (non-hydrogen) atoms. The number of carboxylic acid groups (broad SMARTS) is 1. The van der Waals surface area contributed by atoms with Gasteiger partial charge in [0.05, 0.1) is 18.6 Å². The summed E-state index contributed by atoms with van der Waals surface area (Å²) in [5, 5.41) is 14.2. The molecular weight excluding hydrogens is 444 g/mol. The van der Waals surface area contributed by atoms with Crippen LogP contribution in [0.15, 0.2) is 27.5 Å². The zero-order valence-corrected chi connectivity index (χ0v) is 16.7. The van der Waals surface area contributed by atoms with Gasteiger partial charge >= 0.3 is 5.97 Å². The van der Waals surface area contributed by atoms with Crippen molar-refractivity contribution in [2.45, 2.75) is 11.3 Å². The number of ketones is 1. The number of Topliss-reactive ketones (excluding diaryl/α,β-unsaturated/α-hetero) is 1. The summed E-state index contributed by atoms with van der Waals surface area (Å²) in [7, 11) is -4.64. The highest BCUT2D eigenvalue weighted by Gasteiger charge is 2.26. The van der Waals surface area contributed by atoms with E-state index in [0.29, 0.717) is 42.5 Å². The van der Waals surface area contributed by atoms with E-state index in [0.717, 1.165) is 5.51 Å². The molecule has 0 spiro atoms. The lowest BCUT2D eigenvalue weighted by Gasteiger charge is -2.11. The first kappa shape index (κ1) is 21.6. The van der Waals surface area contributed by atoms with Gasteiger partial charge < -0.3 is 15.7 Å². The number of aromatic carboxylic acids is 1. The molecule has 0 unspecified atom stereocenters. The number of aromatic nitrogens is 1. The molecule has 2 aromatic rings.